The molecule has 4 rings (SSSR count). The zero-order valence-electron chi connectivity index (χ0n) is 17.5. The normalized spacial score (nSPS) is 11.4. The molecule has 0 aliphatic rings. The van der Waals surface area contributed by atoms with Gasteiger partial charge in [-0.15, -0.1) is 11.3 Å². The van der Waals surface area contributed by atoms with Crippen LogP contribution in [-0.4, -0.2) is 4.98 Å². The summed E-state index contributed by atoms with van der Waals surface area (Å²) in [5.41, 5.74) is 7.03. The summed E-state index contributed by atoms with van der Waals surface area (Å²) in [5.74, 6) is 0.495. The molecule has 0 aliphatic carbocycles. The fourth-order valence-electron chi connectivity index (χ4n) is 3.26. The van der Waals surface area contributed by atoms with E-state index in [4.69, 9.17) is 4.98 Å². The van der Waals surface area contributed by atoms with Crippen LogP contribution in [0.2, 0.25) is 0 Å². The quantitative estimate of drug-likeness (QED) is 0.326. The Balaban J connectivity index is 1.50. The van der Waals surface area contributed by atoms with Crippen molar-refractivity contribution in [1.82, 2.24) is 4.98 Å². The predicted molar refractivity (Wildman–Crippen MR) is 131 cm³/mol. The predicted octanol–water partition coefficient (Wildman–Crippen LogP) is 7.58. The average Bonchev–Trinajstić information content (AvgIpc) is 3.30. The molecular formula is C27H23N3S. The van der Waals surface area contributed by atoms with Crippen LogP contribution in [0.1, 0.15) is 30.3 Å². The minimum absolute atomic E-state index is 0.495. The van der Waals surface area contributed by atoms with Gasteiger partial charge >= 0.3 is 0 Å². The highest BCUT2D eigenvalue weighted by atomic mass is 32.1. The lowest BCUT2D eigenvalue weighted by Crippen LogP contribution is -1.92. The molecule has 0 spiro atoms. The molecule has 31 heavy (non-hydrogen) atoms. The molecule has 0 radical (unpaired) electrons. The van der Waals surface area contributed by atoms with E-state index in [2.05, 4.69) is 73.8 Å². The Hall–Kier alpha value is -3.68. The van der Waals surface area contributed by atoms with E-state index in [1.807, 2.05) is 35.7 Å². The number of nitrogens with zero attached hydrogens (tertiary/aromatic N) is 2. The lowest BCUT2D eigenvalue weighted by Gasteiger charge is -2.07. The Morgan fingerprint density at radius 1 is 0.903 bits per heavy atom. The molecule has 4 aromatic rings. The number of nitrogens with one attached hydrogen (secondary N) is 1. The van der Waals surface area contributed by atoms with E-state index >= 15 is 0 Å². The molecule has 4 heteroatoms. The van der Waals surface area contributed by atoms with Gasteiger partial charge in [0.1, 0.15) is 16.6 Å². The first kappa shape index (κ1) is 20.6. The number of aromatic nitrogens is 1. The van der Waals surface area contributed by atoms with Crippen molar-refractivity contribution < 1.29 is 0 Å². The van der Waals surface area contributed by atoms with Crippen LogP contribution in [0.15, 0.2) is 90.4 Å². The van der Waals surface area contributed by atoms with Gasteiger partial charge in [0, 0.05) is 22.8 Å². The molecule has 0 atom stereocenters. The van der Waals surface area contributed by atoms with Crippen molar-refractivity contribution in [2.45, 2.75) is 19.8 Å². The van der Waals surface area contributed by atoms with E-state index in [-0.39, 0.29) is 0 Å². The number of thiazole rings is 1. The Bertz CT molecular complexity index is 1210. The van der Waals surface area contributed by atoms with Crippen LogP contribution in [0, 0.1) is 11.3 Å². The fourth-order valence-corrected chi connectivity index (χ4v) is 4.05. The molecule has 3 aromatic carbocycles. The van der Waals surface area contributed by atoms with Gasteiger partial charge in [0.25, 0.3) is 0 Å². The van der Waals surface area contributed by atoms with Crippen LogP contribution in [0.5, 0.6) is 0 Å². The molecule has 0 aliphatic heterocycles. The van der Waals surface area contributed by atoms with E-state index in [0.29, 0.717) is 16.5 Å². The summed E-state index contributed by atoms with van der Waals surface area (Å²) in [6.45, 7) is 4.34. The second-order valence-electron chi connectivity index (χ2n) is 7.57. The standard InChI is InChI=1S/C27H23N3S/c1-19(2)20-12-14-25(15-13-20)29-17-24(16-28)27-30-26(18-31-27)23-10-8-22(9-11-23)21-6-4-3-5-7-21/h3-15,17-19,29H,1-2H3/b24-17-. The van der Waals surface area contributed by atoms with Gasteiger partial charge in [-0.05, 0) is 34.7 Å². The molecule has 152 valence electrons. The summed E-state index contributed by atoms with van der Waals surface area (Å²) in [4.78, 5) is 4.69. The maximum Gasteiger partial charge on any atom is 0.136 e. The molecular weight excluding hydrogens is 398 g/mol. The van der Waals surface area contributed by atoms with Crippen LogP contribution in [-0.2, 0) is 0 Å². The Labute approximate surface area is 187 Å². The van der Waals surface area contributed by atoms with Crippen molar-refractivity contribution in [2.75, 3.05) is 5.32 Å². The van der Waals surface area contributed by atoms with Crippen molar-refractivity contribution in [3.05, 3.63) is 101 Å². The summed E-state index contributed by atoms with van der Waals surface area (Å²) in [6, 6.07) is 29.2. The van der Waals surface area contributed by atoms with Gasteiger partial charge in [-0.1, -0.05) is 80.6 Å². The highest BCUT2D eigenvalue weighted by Crippen LogP contribution is 2.28. The monoisotopic (exact) mass is 421 g/mol. The first-order valence-corrected chi connectivity index (χ1v) is 11.1. The molecule has 0 bridgehead atoms. The van der Waals surface area contributed by atoms with Crippen molar-refractivity contribution in [3.8, 4) is 28.5 Å². The number of rotatable bonds is 6. The molecule has 1 aromatic heterocycles. The minimum atomic E-state index is 0.495. The van der Waals surface area contributed by atoms with Crippen molar-refractivity contribution >= 4 is 22.6 Å². The number of anilines is 1. The van der Waals surface area contributed by atoms with Crippen LogP contribution >= 0.6 is 11.3 Å². The molecule has 0 saturated carbocycles. The number of allylic oxidation sites excluding steroid dienone is 1. The van der Waals surface area contributed by atoms with Crippen molar-refractivity contribution in [3.63, 3.8) is 0 Å². The fraction of sp³-hybridized carbons (Fsp3) is 0.111. The molecule has 0 saturated heterocycles. The van der Waals surface area contributed by atoms with Crippen molar-refractivity contribution in [2.24, 2.45) is 0 Å². The first-order valence-electron chi connectivity index (χ1n) is 10.2. The van der Waals surface area contributed by atoms with Crippen LogP contribution in [0.25, 0.3) is 28.0 Å². The summed E-state index contributed by atoms with van der Waals surface area (Å²) < 4.78 is 0. The summed E-state index contributed by atoms with van der Waals surface area (Å²) >= 11 is 1.48. The third kappa shape index (κ3) is 4.91. The zero-order chi connectivity index (χ0) is 21.6. The number of nitriles is 1. The van der Waals surface area contributed by atoms with Crippen LogP contribution in [0.4, 0.5) is 5.69 Å². The average molecular weight is 422 g/mol. The number of hydrogen-bond acceptors (Lipinski definition) is 4. The highest BCUT2D eigenvalue weighted by molar-refractivity contribution is 7.11. The van der Waals surface area contributed by atoms with Gasteiger partial charge in [0.2, 0.25) is 0 Å². The van der Waals surface area contributed by atoms with Crippen LogP contribution in [0.3, 0.4) is 0 Å². The van der Waals surface area contributed by atoms with E-state index < -0.39 is 0 Å². The minimum Gasteiger partial charge on any atom is -0.360 e. The molecule has 0 fully saturated rings. The SMILES string of the molecule is CC(C)c1ccc(N/C=C(/C#N)c2nc(-c3ccc(-c4ccccc4)cc3)cs2)cc1. The van der Waals surface area contributed by atoms with Gasteiger partial charge in [0.05, 0.1) is 5.69 Å². The largest absolute Gasteiger partial charge is 0.360 e. The van der Waals surface area contributed by atoms with E-state index in [1.54, 1.807) is 6.20 Å². The third-order valence-electron chi connectivity index (χ3n) is 5.10. The first-order chi connectivity index (χ1) is 15.1. The van der Waals surface area contributed by atoms with E-state index in [1.165, 1.54) is 28.0 Å². The smallest absolute Gasteiger partial charge is 0.136 e. The van der Waals surface area contributed by atoms with Gasteiger partial charge in [0.15, 0.2) is 0 Å². The second kappa shape index (κ2) is 9.42. The maximum atomic E-state index is 9.63. The van der Waals surface area contributed by atoms with Crippen molar-refractivity contribution in [1.29, 1.82) is 5.26 Å². The summed E-state index contributed by atoms with van der Waals surface area (Å²) in [7, 11) is 0. The molecule has 3 nitrogen and oxygen atoms in total. The summed E-state index contributed by atoms with van der Waals surface area (Å²) in [5, 5.41) is 15.5. The van der Waals surface area contributed by atoms with Gasteiger partial charge < -0.3 is 5.32 Å². The lowest BCUT2D eigenvalue weighted by atomic mass is 10.0. The van der Waals surface area contributed by atoms with Gasteiger partial charge in [-0.3, -0.25) is 0 Å². The van der Waals surface area contributed by atoms with Gasteiger partial charge in [-0.25, -0.2) is 4.98 Å². The van der Waals surface area contributed by atoms with E-state index in [9.17, 15) is 5.26 Å². The summed E-state index contributed by atoms with van der Waals surface area (Å²) in [6.07, 6.45) is 1.73. The second-order valence-corrected chi connectivity index (χ2v) is 8.43. The third-order valence-corrected chi connectivity index (χ3v) is 5.98. The molecule has 0 amide bonds. The van der Waals surface area contributed by atoms with Crippen LogP contribution < -0.4 is 5.32 Å². The number of hydrogen-bond donors (Lipinski definition) is 1. The topological polar surface area (TPSA) is 48.7 Å². The Kier molecular flexibility index (Phi) is 6.26. The van der Waals surface area contributed by atoms with E-state index in [0.717, 1.165) is 16.9 Å². The Morgan fingerprint density at radius 3 is 2.19 bits per heavy atom. The number of benzene rings is 3. The maximum absolute atomic E-state index is 9.63. The Morgan fingerprint density at radius 2 is 1.55 bits per heavy atom. The molecule has 1 N–H and O–H groups in total. The van der Waals surface area contributed by atoms with Gasteiger partial charge in [-0.2, -0.15) is 5.26 Å². The zero-order valence-corrected chi connectivity index (χ0v) is 18.4. The molecule has 1 heterocycles. The lowest BCUT2D eigenvalue weighted by molar-refractivity contribution is 0.867. The molecule has 0 unspecified atom stereocenters. The highest BCUT2D eigenvalue weighted by Gasteiger charge is 2.09.